The van der Waals surface area contributed by atoms with Crippen molar-refractivity contribution in [2.24, 2.45) is 0 Å². The van der Waals surface area contributed by atoms with Crippen molar-refractivity contribution in [1.29, 1.82) is 0 Å². The molecule has 4 aromatic rings. The van der Waals surface area contributed by atoms with Crippen LogP contribution < -0.4 is 20.5 Å². The standard InChI is InChI=1S/C28H26ClN5O4/c1-38-22-11-9-20(10-12-22)34-28(37)24-8-3-2-7-23(24)26(31-34)27(36)30-18-25(35)33-15-13-32(14-16-33)21-6-4-5-19(29)17-21/h2-12,17H,13-16,18H2,1H3,(H,30,36). The first kappa shape index (κ1) is 25.3. The molecule has 3 aromatic carbocycles. The van der Waals surface area contributed by atoms with Gasteiger partial charge in [0, 0.05) is 42.3 Å². The van der Waals surface area contributed by atoms with Crippen molar-refractivity contribution < 1.29 is 14.3 Å². The van der Waals surface area contributed by atoms with Gasteiger partial charge >= 0.3 is 0 Å². The topological polar surface area (TPSA) is 96.8 Å². The molecule has 194 valence electrons. The van der Waals surface area contributed by atoms with Gasteiger partial charge in [-0.3, -0.25) is 14.4 Å². The van der Waals surface area contributed by atoms with Crippen molar-refractivity contribution in [3.05, 3.63) is 93.9 Å². The molecule has 0 aliphatic carbocycles. The molecule has 0 saturated carbocycles. The summed E-state index contributed by atoms with van der Waals surface area (Å²) in [6, 6.07) is 21.2. The maximum Gasteiger partial charge on any atom is 0.279 e. The summed E-state index contributed by atoms with van der Waals surface area (Å²) in [5, 5.41) is 8.51. The lowest BCUT2D eigenvalue weighted by molar-refractivity contribution is -0.130. The Bertz CT molecular complexity index is 1550. The highest BCUT2D eigenvalue weighted by molar-refractivity contribution is 6.30. The lowest BCUT2D eigenvalue weighted by atomic mass is 10.1. The first-order valence-electron chi connectivity index (χ1n) is 12.2. The summed E-state index contributed by atoms with van der Waals surface area (Å²) in [4.78, 5) is 43.1. The van der Waals surface area contributed by atoms with E-state index in [1.54, 1.807) is 60.5 Å². The van der Waals surface area contributed by atoms with Gasteiger partial charge in [-0.25, -0.2) is 0 Å². The van der Waals surface area contributed by atoms with Crippen LogP contribution in [0.4, 0.5) is 5.69 Å². The molecule has 0 radical (unpaired) electrons. The molecule has 0 unspecified atom stereocenters. The first-order chi connectivity index (χ1) is 18.4. The van der Waals surface area contributed by atoms with E-state index < -0.39 is 5.91 Å². The molecule has 1 aliphatic heterocycles. The third-order valence-electron chi connectivity index (χ3n) is 6.54. The van der Waals surface area contributed by atoms with Crippen LogP contribution in [0.2, 0.25) is 5.02 Å². The summed E-state index contributed by atoms with van der Waals surface area (Å²) in [5.74, 6) is -0.0845. The number of rotatable bonds is 6. The van der Waals surface area contributed by atoms with Gasteiger partial charge in [0.15, 0.2) is 5.69 Å². The Morgan fingerprint density at radius 1 is 0.921 bits per heavy atom. The SMILES string of the molecule is COc1ccc(-n2nc(C(=O)NCC(=O)N3CCN(c4cccc(Cl)c4)CC3)c3ccccc3c2=O)cc1. The Hall–Kier alpha value is -4.37. The number of halogens is 1. The van der Waals surface area contributed by atoms with Crippen molar-refractivity contribution in [2.45, 2.75) is 0 Å². The van der Waals surface area contributed by atoms with Gasteiger partial charge in [0.05, 0.1) is 24.7 Å². The predicted molar refractivity (Wildman–Crippen MR) is 146 cm³/mol. The zero-order valence-corrected chi connectivity index (χ0v) is 21.5. The third kappa shape index (κ3) is 5.19. The van der Waals surface area contributed by atoms with Crippen molar-refractivity contribution in [3.63, 3.8) is 0 Å². The lowest BCUT2D eigenvalue weighted by Crippen LogP contribution is -2.51. The summed E-state index contributed by atoms with van der Waals surface area (Å²) < 4.78 is 6.38. The molecule has 38 heavy (non-hydrogen) atoms. The smallest absolute Gasteiger partial charge is 0.279 e. The number of nitrogens with one attached hydrogen (secondary N) is 1. The van der Waals surface area contributed by atoms with Gasteiger partial charge in [0.2, 0.25) is 5.91 Å². The van der Waals surface area contributed by atoms with E-state index in [-0.39, 0.29) is 23.7 Å². The quantitative estimate of drug-likeness (QED) is 0.411. The van der Waals surface area contributed by atoms with Crippen molar-refractivity contribution in [3.8, 4) is 11.4 Å². The Balaban J connectivity index is 1.30. The molecule has 1 N–H and O–H groups in total. The number of carbonyl (C=O) groups excluding carboxylic acids is 2. The number of fused-ring (bicyclic) bond motifs is 1. The van der Waals surface area contributed by atoms with Crippen LogP contribution in [-0.4, -0.2) is 66.3 Å². The van der Waals surface area contributed by atoms with E-state index in [1.165, 1.54) is 4.68 Å². The summed E-state index contributed by atoms with van der Waals surface area (Å²) in [6.07, 6.45) is 0. The second kappa shape index (κ2) is 10.9. The largest absolute Gasteiger partial charge is 0.497 e. The molecule has 1 saturated heterocycles. The molecule has 0 bridgehead atoms. The van der Waals surface area contributed by atoms with E-state index >= 15 is 0 Å². The fourth-order valence-electron chi connectivity index (χ4n) is 4.49. The number of carbonyl (C=O) groups is 2. The van der Waals surface area contributed by atoms with Crippen molar-refractivity contribution >= 4 is 39.9 Å². The second-order valence-electron chi connectivity index (χ2n) is 8.84. The molecular weight excluding hydrogens is 506 g/mol. The fraction of sp³-hybridized carbons (Fsp3) is 0.214. The number of amides is 2. The molecule has 2 amide bonds. The zero-order valence-electron chi connectivity index (χ0n) is 20.8. The number of nitrogens with zero attached hydrogens (tertiary/aromatic N) is 4. The van der Waals surface area contributed by atoms with Gasteiger partial charge < -0.3 is 19.9 Å². The van der Waals surface area contributed by atoms with Crippen LogP contribution in [-0.2, 0) is 4.79 Å². The van der Waals surface area contributed by atoms with Crippen LogP contribution in [0.5, 0.6) is 5.75 Å². The second-order valence-corrected chi connectivity index (χ2v) is 9.28. The fourth-order valence-corrected chi connectivity index (χ4v) is 4.68. The predicted octanol–water partition coefficient (Wildman–Crippen LogP) is 3.13. The Labute approximate surface area is 224 Å². The minimum absolute atomic E-state index is 0.0644. The number of hydrogen-bond donors (Lipinski definition) is 1. The minimum atomic E-state index is -0.533. The van der Waals surface area contributed by atoms with Crippen LogP contribution in [0.15, 0.2) is 77.6 Å². The Morgan fingerprint density at radius 3 is 2.32 bits per heavy atom. The number of ether oxygens (including phenoxy) is 1. The molecule has 5 rings (SSSR count). The molecule has 1 fully saturated rings. The van der Waals surface area contributed by atoms with Gasteiger partial charge in [-0.2, -0.15) is 9.78 Å². The monoisotopic (exact) mass is 531 g/mol. The average molecular weight is 532 g/mol. The lowest BCUT2D eigenvalue weighted by Gasteiger charge is -2.36. The van der Waals surface area contributed by atoms with Gasteiger partial charge in [-0.15, -0.1) is 0 Å². The average Bonchev–Trinajstić information content (AvgIpc) is 2.96. The number of aromatic nitrogens is 2. The van der Waals surface area contributed by atoms with Crippen LogP contribution in [0.25, 0.3) is 16.5 Å². The minimum Gasteiger partial charge on any atom is -0.497 e. The van der Waals surface area contributed by atoms with E-state index in [9.17, 15) is 14.4 Å². The maximum absolute atomic E-state index is 13.2. The molecule has 1 aromatic heterocycles. The molecule has 10 heteroatoms. The molecule has 1 aliphatic rings. The highest BCUT2D eigenvalue weighted by Crippen LogP contribution is 2.21. The molecular formula is C28H26ClN5O4. The molecule has 2 heterocycles. The highest BCUT2D eigenvalue weighted by Gasteiger charge is 2.23. The third-order valence-corrected chi connectivity index (χ3v) is 6.78. The summed E-state index contributed by atoms with van der Waals surface area (Å²) >= 11 is 6.11. The van der Waals surface area contributed by atoms with Crippen LogP contribution in [0.1, 0.15) is 10.5 Å². The van der Waals surface area contributed by atoms with Gasteiger partial charge in [0.1, 0.15) is 5.75 Å². The summed E-state index contributed by atoms with van der Waals surface area (Å²) in [5.41, 5.74) is 1.22. The van der Waals surface area contributed by atoms with Gasteiger partial charge in [-0.05, 0) is 48.5 Å². The van der Waals surface area contributed by atoms with Gasteiger partial charge in [-0.1, -0.05) is 35.9 Å². The van der Waals surface area contributed by atoms with E-state index in [1.807, 2.05) is 24.3 Å². The number of anilines is 1. The maximum atomic E-state index is 13.2. The van der Waals surface area contributed by atoms with Crippen molar-refractivity contribution in [2.75, 3.05) is 44.7 Å². The molecule has 0 spiro atoms. The molecule has 0 atom stereocenters. The van der Waals surface area contributed by atoms with Crippen LogP contribution >= 0.6 is 11.6 Å². The van der Waals surface area contributed by atoms with Gasteiger partial charge in [0.25, 0.3) is 11.5 Å². The van der Waals surface area contributed by atoms with Crippen LogP contribution in [0.3, 0.4) is 0 Å². The summed E-state index contributed by atoms with van der Waals surface area (Å²) in [7, 11) is 1.55. The van der Waals surface area contributed by atoms with E-state index in [0.717, 1.165) is 5.69 Å². The van der Waals surface area contributed by atoms with E-state index in [4.69, 9.17) is 16.3 Å². The number of benzene rings is 3. The van der Waals surface area contributed by atoms with E-state index in [2.05, 4.69) is 15.3 Å². The normalized spacial score (nSPS) is 13.4. The number of methoxy groups -OCH3 is 1. The Kier molecular flexibility index (Phi) is 7.28. The number of hydrogen-bond acceptors (Lipinski definition) is 6. The van der Waals surface area contributed by atoms with Crippen LogP contribution in [0, 0.1) is 0 Å². The Morgan fingerprint density at radius 2 is 1.63 bits per heavy atom. The number of piperazine rings is 1. The van der Waals surface area contributed by atoms with Crippen molar-refractivity contribution in [1.82, 2.24) is 20.0 Å². The molecule has 9 nitrogen and oxygen atoms in total. The zero-order chi connectivity index (χ0) is 26.6. The summed E-state index contributed by atoms with van der Waals surface area (Å²) in [6.45, 7) is 2.22. The highest BCUT2D eigenvalue weighted by atomic mass is 35.5. The first-order valence-corrected chi connectivity index (χ1v) is 12.6. The van der Waals surface area contributed by atoms with E-state index in [0.29, 0.717) is 53.4 Å².